The third kappa shape index (κ3) is 5.16. The Morgan fingerprint density at radius 1 is 0.923 bits per heavy atom. The Hall–Kier alpha value is -4.11. The summed E-state index contributed by atoms with van der Waals surface area (Å²) >= 11 is 19.8. The quantitative estimate of drug-likeness (QED) is 0.196. The molecule has 3 fully saturated rings. The first-order valence-electron chi connectivity index (χ1n) is 16.0. The average Bonchev–Trinajstić information content (AvgIpc) is 3.52. The number of hydrogen-bond acceptors (Lipinski definition) is 10. The zero-order valence-corrected chi connectivity index (χ0v) is 32.3. The van der Waals surface area contributed by atoms with Gasteiger partial charge in [-0.15, -0.1) is 0 Å². The normalized spacial score (nSPS) is 26.4. The van der Waals surface area contributed by atoms with Gasteiger partial charge < -0.3 is 19.3 Å². The number of halogens is 4. The van der Waals surface area contributed by atoms with Gasteiger partial charge in [0.2, 0.25) is 11.8 Å². The van der Waals surface area contributed by atoms with Gasteiger partial charge in [-0.05, 0) is 98.1 Å². The first-order valence-corrected chi connectivity index (χ1v) is 18.3. The molecule has 1 saturated carbocycles. The lowest BCUT2D eigenvalue weighted by atomic mass is 9.49. The molecule has 0 aromatic heterocycles. The Kier molecular flexibility index (Phi) is 9.33. The summed E-state index contributed by atoms with van der Waals surface area (Å²) in [6.07, 6.45) is 0.776. The van der Waals surface area contributed by atoms with Crippen molar-refractivity contribution >= 4 is 90.5 Å². The largest absolute Gasteiger partial charge is 0.503 e. The van der Waals surface area contributed by atoms with Crippen LogP contribution in [-0.4, -0.2) is 66.1 Å². The maximum Gasteiger partial charge on any atom is 0.423 e. The number of phenolic OH excluding ortho intramolecular Hbond substituents is 1. The Labute approximate surface area is 324 Å². The second-order valence-corrected chi connectivity index (χ2v) is 15.3. The lowest BCUT2D eigenvalue weighted by Crippen LogP contribution is -2.53. The summed E-state index contributed by atoms with van der Waals surface area (Å²) in [6.45, 7) is 0. The fourth-order valence-electron chi connectivity index (χ4n) is 8.44. The first kappa shape index (κ1) is 36.3. The molecular weight excluding hydrogens is 849 g/mol. The number of phenols is 1. The van der Waals surface area contributed by atoms with Crippen LogP contribution in [0.5, 0.6) is 17.2 Å². The summed E-state index contributed by atoms with van der Waals surface area (Å²) in [5, 5.41) is 12.4. The van der Waals surface area contributed by atoms with E-state index in [9.17, 15) is 24.3 Å². The lowest BCUT2D eigenvalue weighted by Gasteiger charge is -2.51. The Balaban J connectivity index is 1.51. The minimum Gasteiger partial charge on any atom is -0.503 e. The van der Waals surface area contributed by atoms with Crippen molar-refractivity contribution in [3.8, 4) is 17.2 Å². The number of nitrogens with one attached hydrogen (secondary N) is 1. The van der Waals surface area contributed by atoms with Crippen LogP contribution in [0.1, 0.15) is 29.9 Å². The maximum atomic E-state index is 15.4. The Morgan fingerprint density at radius 2 is 1.63 bits per heavy atom. The fourth-order valence-corrected chi connectivity index (χ4v) is 9.84. The minimum absolute atomic E-state index is 0.0331. The third-order valence-corrected chi connectivity index (χ3v) is 13.3. The minimum atomic E-state index is -1.68. The summed E-state index contributed by atoms with van der Waals surface area (Å²) in [6, 6.07) is 13.0. The SMILES string of the molecule is COC(=O)N1C(=O)[C@H]2[C@H](CC=C3[C@H]2C[C@H]2C(=O)N(Nc4ccc(Cl)cc4Cl)C(=O)[C@@]2(c2ccc(OC)cc2)[C@H]3c2cc(OC)c(O)c(Br)c2Br)C1=O. The molecule has 0 spiro atoms. The van der Waals surface area contributed by atoms with E-state index < -0.39 is 64.7 Å². The highest BCUT2D eigenvalue weighted by Crippen LogP contribution is 2.65. The van der Waals surface area contributed by atoms with E-state index in [-0.39, 0.29) is 39.5 Å². The number of hydrogen-bond donors (Lipinski definition) is 2. The van der Waals surface area contributed by atoms with E-state index in [0.717, 1.165) is 12.1 Å². The van der Waals surface area contributed by atoms with Gasteiger partial charge in [0.25, 0.3) is 11.8 Å². The zero-order chi connectivity index (χ0) is 37.4. The predicted molar refractivity (Wildman–Crippen MR) is 195 cm³/mol. The molecule has 2 saturated heterocycles. The van der Waals surface area contributed by atoms with Crippen molar-refractivity contribution in [1.82, 2.24) is 9.91 Å². The number of allylic oxidation sites excluding steroid dienone is 2. The van der Waals surface area contributed by atoms with Gasteiger partial charge in [0.05, 0.1) is 59.7 Å². The molecule has 0 bridgehead atoms. The molecule has 3 aromatic carbocycles. The molecule has 52 heavy (non-hydrogen) atoms. The number of amides is 5. The summed E-state index contributed by atoms with van der Waals surface area (Å²) in [4.78, 5) is 71.1. The molecular formula is C36H29Br2Cl2N3O9. The molecule has 5 amide bonds. The molecule has 2 heterocycles. The first-order chi connectivity index (χ1) is 24.8. The van der Waals surface area contributed by atoms with Gasteiger partial charge in [0.15, 0.2) is 11.5 Å². The number of carbonyl (C=O) groups is 5. The van der Waals surface area contributed by atoms with Crippen LogP contribution < -0.4 is 14.9 Å². The van der Waals surface area contributed by atoms with E-state index in [4.69, 9.17) is 37.4 Å². The molecule has 3 aromatic rings. The second kappa shape index (κ2) is 13.4. The molecule has 2 N–H and O–H groups in total. The van der Waals surface area contributed by atoms with Crippen LogP contribution in [0.3, 0.4) is 0 Å². The molecule has 16 heteroatoms. The van der Waals surface area contributed by atoms with Gasteiger partial charge in [0.1, 0.15) is 5.75 Å². The highest BCUT2D eigenvalue weighted by Gasteiger charge is 2.71. The van der Waals surface area contributed by atoms with Gasteiger partial charge in [-0.1, -0.05) is 47.0 Å². The molecule has 2 aliphatic carbocycles. The summed E-state index contributed by atoms with van der Waals surface area (Å²) in [5.74, 6) is -7.10. The number of rotatable bonds is 6. The number of aromatic hydroxyl groups is 1. The predicted octanol–water partition coefficient (Wildman–Crippen LogP) is 6.99. The number of carbonyl (C=O) groups excluding carboxylic acids is 5. The van der Waals surface area contributed by atoms with Crippen molar-refractivity contribution in [3.05, 3.63) is 90.3 Å². The molecule has 0 unspecified atom stereocenters. The van der Waals surface area contributed by atoms with E-state index in [1.165, 1.54) is 20.3 Å². The molecule has 6 atom stereocenters. The van der Waals surface area contributed by atoms with Gasteiger partial charge >= 0.3 is 6.09 Å². The van der Waals surface area contributed by atoms with E-state index in [1.807, 2.05) is 6.08 Å². The van der Waals surface area contributed by atoms with Gasteiger partial charge in [-0.2, -0.15) is 9.91 Å². The van der Waals surface area contributed by atoms with Crippen molar-refractivity contribution in [2.45, 2.75) is 24.2 Å². The monoisotopic (exact) mass is 875 g/mol. The number of likely N-dealkylation sites (tertiary alicyclic amines) is 1. The topological polar surface area (TPSA) is 152 Å². The van der Waals surface area contributed by atoms with Crippen LogP contribution in [-0.2, 0) is 29.3 Å². The van der Waals surface area contributed by atoms with Crippen molar-refractivity contribution in [2.24, 2.45) is 23.7 Å². The highest BCUT2D eigenvalue weighted by molar-refractivity contribution is 9.13. The number of hydrazine groups is 1. The smallest absolute Gasteiger partial charge is 0.423 e. The van der Waals surface area contributed by atoms with Crippen LogP contribution >= 0.6 is 55.1 Å². The van der Waals surface area contributed by atoms with Crippen LogP contribution in [0, 0.1) is 23.7 Å². The molecule has 7 rings (SSSR count). The highest BCUT2D eigenvalue weighted by atomic mass is 79.9. The number of imide groups is 4. The number of ether oxygens (including phenoxy) is 3. The maximum absolute atomic E-state index is 15.4. The van der Waals surface area contributed by atoms with Crippen LogP contribution in [0.25, 0.3) is 0 Å². The van der Waals surface area contributed by atoms with Crippen molar-refractivity contribution < 1.29 is 43.3 Å². The number of anilines is 1. The molecule has 2 aliphatic heterocycles. The molecule has 0 radical (unpaired) electrons. The van der Waals surface area contributed by atoms with Crippen LogP contribution in [0.4, 0.5) is 10.5 Å². The Bertz CT molecular complexity index is 2110. The summed E-state index contributed by atoms with van der Waals surface area (Å²) < 4.78 is 16.4. The van der Waals surface area contributed by atoms with E-state index in [2.05, 4.69) is 37.3 Å². The number of benzene rings is 3. The van der Waals surface area contributed by atoms with Crippen molar-refractivity contribution in [1.29, 1.82) is 0 Å². The fraction of sp³-hybridized carbons (Fsp3) is 0.306. The van der Waals surface area contributed by atoms with Crippen LogP contribution in [0.2, 0.25) is 10.0 Å². The molecule has 4 aliphatic rings. The van der Waals surface area contributed by atoms with E-state index in [1.54, 1.807) is 42.5 Å². The summed E-state index contributed by atoms with van der Waals surface area (Å²) in [5.41, 5.74) is 3.02. The van der Waals surface area contributed by atoms with Crippen molar-refractivity contribution in [2.75, 3.05) is 26.8 Å². The van der Waals surface area contributed by atoms with Gasteiger partial charge in [-0.25, -0.2) is 4.79 Å². The third-order valence-electron chi connectivity index (χ3n) is 10.6. The average molecular weight is 878 g/mol. The van der Waals surface area contributed by atoms with Crippen molar-refractivity contribution in [3.63, 3.8) is 0 Å². The summed E-state index contributed by atoms with van der Waals surface area (Å²) in [7, 11) is 3.97. The van der Waals surface area contributed by atoms with Crippen LogP contribution in [0.15, 0.2) is 69.1 Å². The van der Waals surface area contributed by atoms with Gasteiger partial charge in [0, 0.05) is 15.4 Å². The molecule has 270 valence electrons. The number of methoxy groups -OCH3 is 3. The molecule has 12 nitrogen and oxygen atoms in total. The van der Waals surface area contributed by atoms with E-state index in [0.29, 0.717) is 36.8 Å². The van der Waals surface area contributed by atoms with Gasteiger partial charge in [-0.3, -0.25) is 24.6 Å². The zero-order valence-electron chi connectivity index (χ0n) is 27.6. The van der Waals surface area contributed by atoms with E-state index >= 15 is 4.79 Å². The number of fused-ring (bicyclic) bond motifs is 4. The lowest BCUT2D eigenvalue weighted by molar-refractivity contribution is -0.140. The standard InChI is InChI=1S/C36H29Br2Cl2N3O9/c1-50-17-7-4-15(5-8-17)36-22(32(46)43(34(36)48)41-24-11-6-16(39)12-23(24)40)13-20-18(27(36)21-14-25(51-2)30(44)29(38)28(21)37)9-10-19-26(20)33(47)42(31(19)45)35(49)52-3/h4-9,11-12,14,19-20,22,26-27,41,44H,10,13H2,1-3H3/t19-,20+,22-,26-,27+,36+/m0/s1. The second-order valence-electron chi connectivity index (χ2n) is 12.8. The number of nitrogens with zero attached hydrogens (tertiary/aromatic N) is 2. The Morgan fingerprint density at radius 3 is 2.27 bits per heavy atom.